The van der Waals surface area contributed by atoms with Crippen molar-refractivity contribution in [3.8, 4) is 0 Å². The minimum atomic E-state index is -0.835. The summed E-state index contributed by atoms with van der Waals surface area (Å²) in [4.78, 5) is 24.0. The number of rotatable bonds is 8. The fourth-order valence-corrected chi connectivity index (χ4v) is 1.32. The number of aliphatic carboxylic acids is 1. The van der Waals surface area contributed by atoms with Gasteiger partial charge in [0, 0.05) is 19.1 Å². The fourth-order valence-electron chi connectivity index (χ4n) is 1.32. The number of nitrogens with one attached hydrogen (secondary N) is 1. The van der Waals surface area contributed by atoms with Gasteiger partial charge < -0.3 is 10.4 Å². The summed E-state index contributed by atoms with van der Waals surface area (Å²) in [7, 11) is 0. The van der Waals surface area contributed by atoms with Crippen molar-refractivity contribution in [3.63, 3.8) is 0 Å². The van der Waals surface area contributed by atoms with E-state index in [9.17, 15) is 9.59 Å². The van der Waals surface area contributed by atoms with Gasteiger partial charge in [0.25, 0.3) is 0 Å². The summed E-state index contributed by atoms with van der Waals surface area (Å²) in [5.41, 5.74) is 0. The first-order chi connectivity index (χ1) is 7.82. The van der Waals surface area contributed by atoms with E-state index in [1.54, 1.807) is 0 Å². The molecule has 100 valence electrons. The largest absolute Gasteiger partial charge is 0.481 e. The molecule has 0 heterocycles. The van der Waals surface area contributed by atoms with Gasteiger partial charge in [-0.3, -0.25) is 14.5 Å². The number of carboxylic acid groups (broad SMARTS) is 1. The number of carbonyl (C=O) groups is 2. The summed E-state index contributed by atoms with van der Waals surface area (Å²) in [5.74, 6) is -0.457. The van der Waals surface area contributed by atoms with Gasteiger partial charge >= 0.3 is 5.97 Å². The lowest BCUT2D eigenvalue weighted by Gasteiger charge is -2.25. The van der Waals surface area contributed by atoms with E-state index < -0.39 is 5.97 Å². The molecular formula is C12H24N2O3. The van der Waals surface area contributed by atoms with Crippen LogP contribution in [0.3, 0.4) is 0 Å². The summed E-state index contributed by atoms with van der Waals surface area (Å²) in [6, 6.07) is 0.166. The zero-order valence-electron chi connectivity index (χ0n) is 11.2. The number of amides is 1. The lowest BCUT2D eigenvalue weighted by molar-refractivity contribution is -0.138. The van der Waals surface area contributed by atoms with Gasteiger partial charge in [0.15, 0.2) is 0 Å². The topological polar surface area (TPSA) is 69.6 Å². The smallest absolute Gasteiger partial charge is 0.304 e. The lowest BCUT2D eigenvalue weighted by atomic mass is 10.2. The highest BCUT2D eigenvalue weighted by Gasteiger charge is 2.15. The quantitative estimate of drug-likeness (QED) is 0.667. The molecule has 0 atom stereocenters. The molecule has 0 saturated carbocycles. The summed E-state index contributed by atoms with van der Waals surface area (Å²) in [6.45, 7) is 9.30. The van der Waals surface area contributed by atoms with Crippen LogP contribution < -0.4 is 5.32 Å². The predicted molar refractivity (Wildman–Crippen MR) is 66.8 cm³/mol. The van der Waals surface area contributed by atoms with Crippen LogP contribution in [0.2, 0.25) is 0 Å². The number of carboxylic acids is 1. The Morgan fingerprint density at radius 2 is 1.82 bits per heavy atom. The van der Waals surface area contributed by atoms with Gasteiger partial charge in [-0.15, -0.1) is 0 Å². The second-order valence-corrected chi connectivity index (χ2v) is 4.91. The fraction of sp³-hybridized carbons (Fsp3) is 0.833. The molecule has 0 aliphatic heterocycles. The van der Waals surface area contributed by atoms with Crippen molar-refractivity contribution < 1.29 is 14.7 Å². The minimum Gasteiger partial charge on any atom is -0.481 e. The van der Waals surface area contributed by atoms with Crippen LogP contribution in [0.5, 0.6) is 0 Å². The summed E-state index contributed by atoms with van der Waals surface area (Å²) in [5, 5.41) is 11.5. The van der Waals surface area contributed by atoms with Gasteiger partial charge in [-0.25, -0.2) is 0 Å². The summed E-state index contributed by atoms with van der Waals surface area (Å²) >= 11 is 0. The maximum atomic E-state index is 11.6. The van der Waals surface area contributed by atoms with Gasteiger partial charge in [-0.05, 0) is 19.8 Å². The van der Waals surface area contributed by atoms with E-state index in [2.05, 4.69) is 5.32 Å². The Bertz CT molecular complexity index is 252. The molecule has 5 heteroatoms. The lowest BCUT2D eigenvalue weighted by Crippen LogP contribution is -2.42. The van der Waals surface area contributed by atoms with Gasteiger partial charge in [0.05, 0.1) is 13.0 Å². The van der Waals surface area contributed by atoms with Crippen LogP contribution in [0.1, 0.15) is 34.1 Å². The van der Waals surface area contributed by atoms with Crippen LogP contribution in [0.15, 0.2) is 0 Å². The van der Waals surface area contributed by atoms with Crippen molar-refractivity contribution in [2.24, 2.45) is 5.92 Å². The standard InChI is InChI=1S/C12H24N2O3/c1-9(2)7-13-11(15)8-14(10(3)4)6-5-12(16)17/h9-10H,5-8H2,1-4H3,(H,13,15)(H,16,17). The van der Waals surface area contributed by atoms with Crippen LogP contribution in [-0.4, -0.2) is 47.6 Å². The number of hydrogen-bond acceptors (Lipinski definition) is 3. The molecular weight excluding hydrogens is 220 g/mol. The molecule has 0 aromatic heterocycles. The third-order valence-electron chi connectivity index (χ3n) is 2.40. The Morgan fingerprint density at radius 3 is 2.24 bits per heavy atom. The van der Waals surface area contributed by atoms with Crippen LogP contribution in [0.4, 0.5) is 0 Å². The molecule has 0 aliphatic carbocycles. The van der Waals surface area contributed by atoms with E-state index in [1.807, 2.05) is 32.6 Å². The highest BCUT2D eigenvalue weighted by Crippen LogP contribution is 1.99. The SMILES string of the molecule is CC(C)CNC(=O)CN(CCC(=O)O)C(C)C. The molecule has 17 heavy (non-hydrogen) atoms. The zero-order valence-corrected chi connectivity index (χ0v) is 11.2. The van der Waals surface area contributed by atoms with Crippen LogP contribution in [-0.2, 0) is 9.59 Å². The van der Waals surface area contributed by atoms with Crippen molar-refractivity contribution in [1.29, 1.82) is 0 Å². The third kappa shape index (κ3) is 8.68. The number of nitrogens with zero attached hydrogens (tertiary/aromatic N) is 1. The first kappa shape index (κ1) is 15.9. The summed E-state index contributed by atoms with van der Waals surface area (Å²) < 4.78 is 0. The highest BCUT2D eigenvalue weighted by atomic mass is 16.4. The van der Waals surface area contributed by atoms with Gasteiger partial charge in [0.2, 0.25) is 5.91 Å². The maximum absolute atomic E-state index is 11.6. The van der Waals surface area contributed by atoms with E-state index in [-0.39, 0.29) is 24.9 Å². The molecule has 0 aliphatic rings. The predicted octanol–water partition coefficient (Wildman–Crippen LogP) is 0.944. The molecule has 0 rings (SSSR count). The normalized spacial score (nSPS) is 11.2. The number of hydrogen-bond donors (Lipinski definition) is 2. The Kier molecular flexibility index (Phi) is 7.54. The van der Waals surface area contributed by atoms with Crippen LogP contribution in [0.25, 0.3) is 0 Å². The van der Waals surface area contributed by atoms with E-state index in [1.165, 1.54) is 0 Å². The highest BCUT2D eigenvalue weighted by molar-refractivity contribution is 5.78. The molecule has 0 fully saturated rings. The summed E-state index contributed by atoms with van der Waals surface area (Å²) in [6.07, 6.45) is 0.0651. The van der Waals surface area contributed by atoms with Crippen molar-refractivity contribution in [2.75, 3.05) is 19.6 Å². The molecule has 0 radical (unpaired) electrons. The minimum absolute atomic E-state index is 0.0437. The molecule has 0 saturated heterocycles. The second-order valence-electron chi connectivity index (χ2n) is 4.91. The van der Waals surface area contributed by atoms with Gasteiger partial charge in [0.1, 0.15) is 0 Å². The molecule has 0 spiro atoms. The van der Waals surface area contributed by atoms with Gasteiger partial charge in [-0.1, -0.05) is 13.8 Å². The molecule has 2 N–H and O–H groups in total. The van der Waals surface area contributed by atoms with Crippen molar-refractivity contribution in [3.05, 3.63) is 0 Å². The van der Waals surface area contributed by atoms with E-state index in [4.69, 9.17) is 5.11 Å². The Hall–Kier alpha value is -1.10. The first-order valence-electron chi connectivity index (χ1n) is 6.05. The van der Waals surface area contributed by atoms with Crippen LogP contribution >= 0.6 is 0 Å². The zero-order chi connectivity index (χ0) is 13.4. The van der Waals surface area contributed by atoms with E-state index >= 15 is 0 Å². The molecule has 0 aromatic rings. The molecule has 5 nitrogen and oxygen atoms in total. The Balaban J connectivity index is 4.06. The van der Waals surface area contributed by atoms with Crippen molar-refractivity contribution >= 4 is 11.9 Å². The first-order valence-corrected chi connectivity index (χ1v) is 6.05. The van der Waals surface area contributed by atoms with E-state index in [0.717, 1.165) is 0 Å². The Morgan fingerprint density at radius 1 is 1.24 bits per heavy atom. The Labute approximate surface area is 103 Å². The average Bonchev–Trinajstić information content (AvgIpc) is 2.20. The molecule has 0 unspecified atom stereocenters. The maximum Gasteiger partial charge on any atom is 0.304 e. The third-order valence-corrected chi connectivity index (χ3v) is 2.40. The monoisotopic (exact) mass is 244 g/mol. The molecule has 0 bridgehead atoms. The molecule has 1 amide bonds. The average molecular weight is 244 g/mol. The van der Waals surface area contributed by atoms with Crippen LogP contribution in [0, 0.1) is 5.92 Å². The number of carbonyl (C=O) groups excluding carboxylic acids is 1. The van der Waals surface area contributed by atoms with Crippen molar-refractivity contribution in [2.45, 2.75) is 40.2 Å². The molecule has 0 aromatic carbocycles. The second kappa shape index (κ2) is 8.06. The van der Waals surface area contributed by atoms with Crippen molar-refractivity contribution in [1.82, 2.24) is 10.2 Å². The van der Waals surface area contributed by atoms with E-state index in [0.29, 0.717) is 19.0 Å². The van der Waals surface area contributed by atoms with Gasteiger partial charge in [-0.2, -0.15) is 0 Å².